The maximum atomic E-state index is 11.8. The summed E-state index contributed by atoms with van der Waals surface area (Å²) in [7, 11) is -3.24. The van der Waals surface area contributed by atoms with Crippen LogP contribution in [0.1, 0.15) is 42.6 Å². The monoisotopic (exact) mass is 335 g/mol. The van der Waals surface area contributed by atoms with Gasteiger partial charge in [0, 0.05) is 13.0 Å². The molecule has 3 rings (SSSR count). The third-order valence-electron chi connectivity index (χ3n) is 4.11. The van der Waals surface area contributed by atoms with Crippen LogP contribution < -0.4 is 0 Å². The van der Waals surface area contributed by atoms with Gasteiger partial charge in [-0.25, -0.2) is 8.42 Å². The Hall–Kier alpha value is -1.73. The van der Waals surface area contributed by atoms with Gasteiger partial charge in [-0.15, -0.1) is 0 Å². The molecule has 0 radical (unpaired) electrons. The number of rotatable bonds is 6. The Morgan fingerprint density at radius 1 is 1.26 bits per heavy atom. The number of nitrogens with zero attached hydrogens (tertiary/aromatic N) is 3. The van der Waals surface area contributed by atoms with Gasteiger partial charge in [-0.3, -0.25) is 0 Å². The van der Waals surface area contributed by atoms with Crippen molar-refractivity contribution in [1.82, 2.24) is 14.4 Å². The van der Waals surface area contributed by atoms with Crippen molar-refractivity contribution in [3.8, 4) is 0 Å². The van der Waals surface area contributed by atoms with E-state index in [1.165, 1.54) is 16.1 Å². The molecular weight excluding hydrogens is 314 g/mol. The van der Waals surface area contributed by atoms with Gasteiger partial charge in [-0.1, -0.05) is 35.5 Å². The zero-order valence-electron chi connectivity index (χ0n) is 13.2. The van der Waals surface area contributed by atoms with Crippen molar-refractivity contribution in [3.05, 3.63) is 47.6 Å². The fourth-order valence-corrected chi connectivity index (χ4v) is 4.10. The van der Waals surface area contributed by atoms with Crippen LogP contribution >= 0.6 is 0 Å². The maximum absolute atomic E-state index is 11.8. The molecule has 0 N–H and O–H groups in total. The molecular formula is C16H21N3O3S. The lowest BCUT2D eigenvalue weighted by Crippen LogP contribution is -2.29. The highest BCUT2D eigenvalue weighted by Crippen LogP contribution is 2.32. The van der Waals surface area contributed by atoms with E-state index in [0.29, 0.717) is 18.3 Å². The van der Waals surface area contributed by atoms with E-state index in [2.05, 4.69) is 22.3 Å². The third kappa shape index (κ3) is 3.97. The first kappa shape index (κ1) is 16.1. The van der Waals surface area contributed by atoms with Crippen LogP contribution in [0.2, 0.25) is 0 Å². The maximum Gasteiger partial charge on any atom is 0.245 e. The Labute approximate surface area is 136 Å². The SMILES string of the molecule is CS(=O)(=O)N1CCCC1c1nc(CCCc2ccccc2)no1. The molecule has 1 aliphatic rings. The summed E-state index contributed by atoms with van der Waals surface area (Å²) < 4.78 is 30.3. The van der Waals surface area contributed by atoms with Gasteiger partial charge in [0.25, 0.3) is 0 Å². The van der Waals surface area contributed by atoms with Crippen molar-refractivity contribution >= 4 is 10.0 Å². The first-order valence-corrected chi connectivity index (χ1v) is 9.72. The Kier molecular flexibility index (Phi) is 4.77. The van der Waals surface area contributed by atoms with Crippen LogP contribution in [0.5, 0.6) is 0 Å². The molecule has 124 valence electrons. The molecule has 2 aromatic rings. The van der Waals surface area contributed by atoms with E-state index in [9.17, 15) is 8.42 Å². The molecule has 1 unspecified atom stereocenters. The molecule has 1 aromatic carbocycles. The summed E-state index contributed by atoms with van der Waals surface area (Å²) in [5.74, 6) is 1.07. The quantitative estimate of drug-likeness (QED) is 0.810. The second-order valence-corrected chi connectivity index (χ2v) is 7.85. The molecule has 0 spiro atoms. The molecule has 6 nitrogen and oxygen atoms in total. The lowest BCUT2D eigenvalue weighted by molar-refractivity contribution is 0.290. The van der Waals surface area contributed by atoms with Crippen molar-refractivity contribution in [2.24, 2.45) is 0 Å². The fourth-order valence-electron chi connectivity index (χ4n) is 2.98. The Morgan fingerprint density at radius 3 is 2.78 bits per heavy atom. The summed E-state index contributed by atoms with van der Waals surface area (Å²) in [5, 5.41) is 4.00. The minimum atomic E-state index is -3.24. The van der Waals surface area contributed by atoms with Crippen molar-refractivity contribution < 1.29 is 12.9 Å². The molecule has 1 fully saturated rings. The van der Waals surface area contributed by atoms with Crippen LogP contribution in [-0.4, -0.2) is 35.7 Å². The first-order valence-electron chi connectivity index (χ1n) is 7.87. The van der Waals surface area contributed by atoms with Crippen molar-refractivity contribution in [2.75, 3.05) is 12.8 Å². The van der Waals surface area contributed by atoms with E-state index in [1.54, 1.807) is 0 Å². The molecule has 1 atom stereocenters. The average molecular weight is 335 g/mol. The summed E-state index contributed by atoms with van der Waals surface area (Å²) in [6.07, 6.45) is 5.40. The minimum Gasteiger partial charge on any atom is -0.338 e. The molecule has 23 heavy (non-hydrogen) atoms. The molecule has 0 bridgehead atoms. The normalized spacial score (nSPS) is 19.3. The molecule has 0 saturated carbocycles. The summed E-state index contributed by atoms with van der Waals surface area (Å²) in [4.78, 5) is 4.40. The predicted molar refractivity (Wildman–Crippen MR) is 86.3 cm³/mol. The zero-order valence-corrected chi connectivity index (χ0v) is 14.0. The highest BCUT2D eigenvalue weighted by atomic mass is 32.2. The summed E-state index contributed by atoms with van der Waals surface area (Å²) in [6.45, 7) is 0.523. The number of aromatic nitrogens is 2. The van der Waals surface area contributed by atoms with E-state index in [0.717, 1.165) is 32.1 Å². The number of hydrogen-bond acceptors (Lipinski definition) is 5. The molecule has 1 aromatic heterocycles. The van der Waals surface area contributed by atoms with Crippen molar-refractivity contribution in [1.29, 1.82) is 0 Å². The zero-order chi connectivity index (χ0) is 16.3. The lowest BCUT2D eigenvalue weighted by atomic mass is 10.1. The van der Waals surface area contributed by atoms with Crippen LogP contribution in [0.4, 0.5) is 0 Å². The van der Waals surface area contributed by atoms with Crippen LogP contribution in [-0.2, 0) is 22.9 Å². The molecule has 1 aliphatic heterocycles. The highest BCUT2D eigenvalue weighted by Gasteiger charge is 2.36. The number of aryl methyl sites for hydroxylation is 2. The summed E-state index contributed by atoms with van der Waals surface area (Å²) in [6, 6.07) is 9.96. The Balaban J connectivity index is 1.60. The van der Waals surface area contributed by atoms with Gasteiger partial charge < -0.3 is 4.52 Å². The molecule has 0 amide bonds. The van der Waals surface area contributed by atoms with E-state index >= 15 is 0 Å². The average Bonchev–Trinajstić information content (AvgIpc) is 3.16. The van der Waals surface area contributed by atoms with Gasteiger partial charge in [0.15, 0.2) is 5.82 Å². The minimum absolute atomic E-state index is 0.305. The largest absolute Gasteiger partial charge is 0.338 e. The van der Waals surface area contributed by atoms with E-state index in [4.69, 9.17) is 4.52 Å². The standard InChI is InChI=1S/C16H21N3O3S/c1-23(20,21)19-12-6-10-14(19)16-17-15(18-22-16)11-5-9-13-7-3-2-4-8-13/h2-4,7-8,14H,5-6,9-12H2,1H3. The molecule has 7 heteroatoms. The van der Waals surface area contributed by atoms with Crippen LogP contribution in [0.15, 0.2) is 34.9 Å². The summed E-state index contributed by atoms with van der Waals surface area (Å²) >= 11 is 0. The van der Waals surface area contributed by atoms with Gasteiger partial charge in [0.1, 0.15) is 6.04 Å². The second kappa shape index (κ2) is 6.80. The van der Waals surface area contributed by atoms with Gasteiger partial charge in [0.05, 0.1) is 6.26 Å². The Bertz CT molecular complexity index is 743. The van der Waals surface area contributed by atoms with Crippen LogP contribution in [0.25, 0.3) is 0 Å². The fraction of sp³-hybridized carbons (Fsp3) is 0.500. The van der Waals surface area contributed by atoms with Crippen LogP contribution in [0, 0.1) is 0 Å². The van der Waals surface area contributed by atoms with E-state index < -0.39 is 10.0 Å². The predicted octanol–water partition coefficient (Wildman–Crippen LogP) is 2.34. The van der Waals surface area contributed by atoms with Gasteiger partial charge >= 0.3 is 0 Å². The Morgan fingerprint density at radius 2 is 2.04 bits per heavy atom. The number of sulfonamides is 1. The molecule has 2 heterocycles. The van der Waals surface area contributed by atoms with Gasteiger partial charge in [-0.2, -0.15) is 9.29 Å². The molecule has 0 aliphatic carbocycles. The van der Waals surface area contributed by atoms with Crippen LogP contribution in [0.3, 0.4) is 0 Å². The number of benzene rings is 1. The molecule has 1 saturated heterocycles. The third-order valence-corrected chi connectivity index (χ3v) is 5.40. The van der Waals surface area contributed by atoms with Gasteiger partial charge in [-0.05, 0) is 31.2 Å². The van der Waals surface area contributed by atoms with E-state index in [1.807, 2.05) is 18.2 Å². The van der Waals surface area contributed by atoms with Gasteiger partial charge in [0.2, 0.25) is 15.9 Å². The second-order valence-electron chi connectivity index (χ2n) is 5.92. The van der Waals surface area contributed by atoms with Crippen molar-refractivity contribution in [2.45, 2.75) is 38.1 Å². The summed E-state index contributed by atoms with van der Waals surface area (Å²) in [5.41, 5.74) is 1.29. The highest BCUT2D eigenvalue weighted by molar-refractivity contribution is 7.88. The lowest BCUT2D eigenvalue weighted by Gasteiger charge is -2.18. The van der Waals surface area contributed by atoms with Crippen molar-refractivity contribution in [3.63, 3.8) is 0 Å². The number of hydrogen-bond donors (Lipinski definition) is 0. The topological polar surface area (TPSA) is 76.3 Å². The van der Waals surface area contributed by atoms with E-state index in [-0.39, 0.29) is 6.04 Å². The first-order chi connectivity index (χ1) is 11.0. The smallest absolute Gasteiger partial charge is 0.245 e.